The third kappa shape index (κ3) is 4.55. The third-order valence-electron chi connectivity index (χ3n) is 4.44. The fourth-order valence-corrected chi connectivity index (χ4v) is 4.02. The number of amides is 1. The third-order valence-corrected chi connectivity index (χ3v) is 5.82. The van der Waals surface area contributed by atoms with Crippen LogP contribution in [-0.2, 0) is 10.0 Å². The monoisotopic (exact) mass is 426 g/mol. The molecule has 0 fully saturated rings. The Morgan fingerprint density at radius 1 is 0.900 bits per heavy atom. The van der Waals surface area contributed by atoms with Gasteiger partial charge in [-0.1, -0.05) is 30.3 Å². The van der Waals surface area contributed by atoms with E-state index in [4.69, 9.17) is 9.47 Å². The lowest BCUT2D eigenvalue weighted by Crippen LogP contribution is -2.16. The van der Waals surface area contributed by atoms with Crippen molar-refractivity contribution in [2.24, 2.45) is 0 Å². The minimum Gasteiger partial charge on any atom is -0.493 e. The quantitative estimate of drug-likeness (QED) is 0.594. The van der Waals surface area contributed by atoms with Crippen molar-refractivity contribution in [2.75, 3.05) is 24.3 Å². The molecule has 0 bridgehead atoms. The number of hydrogen-bond acceptors (Lipinski definition) is 5. The van der Waals surface area contributed by atoms with Gasteiger partial charge in [0.05, 0.1) is 30.4 Å². The molecule has 0 aliphatic carbocycles. The van der Waals surface area contributed by atoms with Crippen molar-refractivity contribution in [2.45, 2.75) is 11.8 Å². The fraction of sp³-hybridized carbons (Fsp3) is 0.136. The normalized spacial score (nSPS) is 10.9. The summed E-state index contributed by atoms with van der Waals surface area (Å²) in [6, 6.07) is 18.1. The molecule has 3 aromatic carbocycles. The number of ether oxygens (including phenoxy) is 2. The molecule has 0 aliphatic rings. The van der Waals surface area contributed by atoms with Crippen molar-refractivity contribution in [1.82, 2.24) is 0 Å². The Hall–Kier alpha value is -3.52. The van der Waals surface area contributed by atoms with Gasteiger partial charge in [-0.2, -0.15) is 0 Å². The van der Waals surface area contributed by atoms with Crippen LogP contribution in [0.3, 0.4) is 0 Å². The summed E-state index contributed by atoms with van der Waals surface area (Å²) in [6.45, 7) is 1.78. The number of para-hydroxylation sites is 1. The molecule has 0 saturated carbocycles. The maximum Gasteiger partial charge on any atom is 0.261 e. The molecule has 1 amide bonds. The van der Waals surface area contributed by atoms with Gasteiger partial charge in [-0.05, 0) is 48.9 Å². The van der Waals surface area contributed by atoms with E-state index < -0.39 is 15.9 Å². The van der Waals surface area contributed by atoms with Crippen LogP contribution < -0.4 is 19.5 Å². The fourth-order valence-electron chi connectivity index (χ4n) is 2.88. The molecule has 0 atom stereocenters. The molecule has 0 unspecified atom stereocenters. The summed E-state index contributed by atoms with van der Waals surface area (Å²) in [5.74, 6) is 0.339. The molecule has 0 aromatic heterocycles. The van der Waals surface area contributed by atoms with Crippen molar-refractivity contribution in [1.29, 1.82) is 0 Å². The largest absolute Gasteiger partial charge is 0.493 e. The van der Waals surface area contributed by atoms with E-state index >= 15 is 0 Å². The van der Waals surface area contributed by atoms with E-state index in [1.54, 1.807) is 61.5 Å². The number of nitrogens with one attached hydrogen (secondary N) is 2. The molecular formula is C22H22N2O5S. The number of hydrogen-bond donors (Lipinski definition) is 2. The van der Waals surface area contributed by atoms with Gasteiger partial charge in [0.2, 0.25) is 0 Å². The number of anilines is 2. The smallest absolute Gasteiger partial charge is 0.261 e. The van der Waals surface area contributed by atoms with Gasteiger partial charge in [-0.25, -0.2) is 8.42 Å². The molecule has 3 aromatic rings. The molecule has 0 aliphatic heterocycles. The predicted octanol–water partition coefficient (Wildman–Crippen LogP) is 4.07. The van der Waals surface area contributed by atoms with Crippen LogP contribution in [0, 0.1) is 6.92 Å². The molecule has 7 nitrogen and oxygen atoms in total. The van der Waals surface area contributed by atoms with Crippen molar-refractivity contribution in [3.63, 3.8) is 0 Å². The highest BCUT2D eigenvalue weighted by Gasteiger charge is 2.18. The molecule has 30 heavy (non-hydrogen) atoms. The van der Waals surface area contributed by atoms with E-state index in [1.165, 1.54) is 26.4 Å². The first-order valence-corrected chi connectivity index (χ1v) is 10.5. The highest BCUT2D eigenvalue weighted by Crippen LogP contribution is 2.31. The van der Waals surface area contributed by atoms with Crippen molar-refractivity contribution < 1.29 is 22.7 Å². The second-order valence-electron chi connectivity index (χ2n) is 6.44. The highest BCUT2D eigenvalue weighted by molar-refractivity contribution is 7.92. The van der Waals surface area contributed by atoms with E-state index in [9.17, 15) is 13.2 Å². The zero-order chi connectivity index (χ0) is 21.7. The van der Waals surface area contributed by atoms with E-state index in [-0.39, 0.29) is 4.90 Å². The van der Waals surface area contributed by atoms with Crippen LogP contribution in [0.1, 0.15) is 15.9 Å². The number of carbonyl (C=O) groups excluding carboxylic acids is 1. The van der Waals surface area contributed by atoms with Crippen LogP contribution in [0.4, 0.5) is 11.4 Å². The van der Waals surface area contributed by atoms with Gasteiger partial charge in [-0.3, -0.25) is 9.52 Å². The second kappa shape index (κ2) is 8.87. The standard InChI is InChI=1S/C22H22N2O5S/c1-15-12-13-16(14-19(15)24-30(26,27)17-8-5-4-6-9-17)23-22(25)18-10-7-11-20(28-2)21(18)29-3/h4-14,24H,1-3H3,(H,23,25). The SMILES string of the molecule is COc1cccc(C(=O)Nc2ccc(C)c(NS(=O)(=O)c3ccccc3)c2)c1OC. The molecule has 0 heterocycles. The second-order valence-corrected chi connectivity index (χ2v) is 8.13. The average Bonchev–Trinajstić information content (AvgIpc) is 2.75. The van der Waals surface area contributed by atoms with E-state index in [1.807, 2.05) is 0 Å². The van der Waals surface area contributed by atoms with Crippen LogP contribution in [0.15, 0.2) is 71.6 Å². The van der Waals surface area contributed by atoms with Gasteiger partial charge in [0.15, 0.2) is 11.5 Å². The van der Waals surface area contributed by atoms with Gasteiger partial charge in [0, 0.05) is 5.69 Å². The summed E-state index contributed by atoms with van der Waals surface area (Å²) < 4.78 is 38.4. The van der Waals surface area contributed by atoms with Gasteiger partial charge in [0.25, 0.3) is 15.9 Å². The van der Waals surface area contributed by atoms with E-state index in [2.05, 4.69) is 10.0 Å². The van der Waals surface area contributed by atoms with Crippen molar-refractivity contribution in [3.05, 3.63) is 77.9 Å². The molecular weight excluding hydrogens is 404 g/mol. The summed E-state index contributed by atoms with van der Waals surface area (Å²) in [4.78, 5) is 12.9. The van der Waals surface area contributed by atoms with Crippen LogP contribution in [0.2, 0.25) is 0 Å². The lowest BCUT2D eigenvalue weighted by Gasteiger charge is -2.15. The van der Waals surface area contributed by atoms with Gasteiger partial charge >= 0.3 is 0 Å². The zero-order valence-corrected chi connectivity index (χ0v) is 17.6. The molecule has 2 N–H and O–H groups in total. The summed E-state index contributed by atoms with van der Waals surface area (Å²) in [5, 5.41) is 2.77. The molecule has 3 rings (SSSR count). The first-order chi connectivity index (χ1) is 14.4. The number of aryl methyl sites for hydroxylation is 1. The molecule has 0 radical (unpaired) electrons. The lowest BCUT2D eigenvalue weighted by atomic mass is 10.1. The lowest BCUT2D eigenvalue weighted by molar-refractivity contribution is 0.102. The first-order valence-electron chi connectivity index (χ1n) is 9.06. The average molecular weight is 426 g/mol. The Kier molecular flexibility index (Phi) is 6.27. The number of benzene rings is 3. The zero-order valence-electron chi connectivity index (χ0n) is 16.8. The van der Waals surface area contributed by atoms with Gasteiger partial charge < -0.3 is 14.8 Å². The Bertz CT molecular complexity index is 1160. The molecule has 0 spiro atoms. The van der Waals surface area contributed by atoms with Crippen molar-refractivity contribution >= 4 is 27.3 Å². The van der Waals surface area contributed by atoms with Crippen LogP contribution >= 0.6 is 0 Å². The number of methoxy groups -OCH3 is 2. The number of sulfonamides is 1. The Labute approximate surface area is 175 Å². The predicted molar refractivity (Wildman–Crippen MR) is 116 cm³/mol. The molecule has 8 heteroatoms. The Morgan fingerprint density at radius 3 is 2.30 bits per heavy atom. The van der Waals surface area contributed by atoms with E-state index in [0.717, 1.165) is 0 Å². The van der Waals surface area contributed by atoms with E-state index in [0.29, 0.717) is 34.0 Å². The Balaban J connectivity index is 1.87. The maximum atomic E-state index is 12.8. The summed E-state index contributed by atoms with van der Waals surface area (Å²) in [6.07, 6.45) is 0. The topological polar surface area (TPSA) is 93.7 Å². The van der Waals surface area contributed by atoms with Crippen LogP contribution in [0.25, 0.3) is 0 Å². The van der Waals surface area contributed by atoms with Crippen LogP contribution in [0.5, 0.6) is 11.5 Å². The Morgan fingerprint density at radius 2 is 1.63 bits per heavy atom. The summed E-state index contributed by atoms with van der Waals surface area (Å²) in [7, 11) is -0.806. The maximum absolute atomic E-state index is 12.8. The van der Waals surface area contributed by atoms with Crippen LogP contribution in [-0.4, -0.2) is 28.5 Å². The van der Waals surface area contributed by atoms with Crippen molar-refractivity contribution in [3.8, 4) is 11.5 Å². The number of rotatable bonds is 7. The summed E-state index contributed by atoms with van der Waals surface area (Å²) in [5.41, 5.74) is 1.81. The van der Waals surface area contributed by atoms with Gasteiger partial charge in [0.1, 0.15) is 0 Å². The minimum absolute atomic E-state index is 0.153. The molecule has 0 saturated heterocycles. The van der Waals surface area contributed by atoms with Gasteiger partial charge in [-0.15, -0.1) is 0 Å². The number of carbonyl (C=O) groups is 1. The summed E-state index contributed by atoms with van der Waals surface area (Å²) >= 11 is 0. The first kappa shape index (κ1) is 21.2. The molecule has 156 valence electrons. The highest BCUT2D eigenvalue weighted by atomic mass is 32.2. The minimum atomic E-state index is -3.75.